The quantitative estimate of drug-likeness (QED) is 0.676. The maximum atomic E-state index is 12.5. The van der Waals surface area contributed by atoms with Crippen molar-refractivity contribution in [2.45, 2.75) is 39.7 Å². The number of quaternary nitrogens is 1. The summed E-state index contributed by atoms with van der Waals surface area (Å²) in [6, 6.07) is 16.2. The smallest absolute Gasteiger partial charge is 0.246 e. The number of carbonyl (C=O) groups is 1. The van der Waals surface area contributed by atoms with Crippen LogP contribution in [0.3, 0.4) is 0 Å². The summed E-state index contributed by atoms with van der Waals surface area (Å²) in [7, 11) is 0. The van der Waals surface area contributed by atoms with Crippen LogP contribution in [0.25, 0.3) is 0 Å². The van der Waals surface area contributed by atoms with Gasteiger partial charge in [-0.15, -0.1) is 0 Å². The number of hydrogen-bond donors (Lipinski definition) is 3. The molecule has 1 saturated heterocycles. The number of amides is 1. The minimum absolute atomic E-state index is 0.0370. The Morgan fingerprint density at radius 3 is 2.10 bits per heavy atom. The predicted octanol–water partition coefficient (Wildman–Crippen LogP) is 2.97. The van der Waals surface area contributed by atoms with Gasteiger partial charge in [-0.25, -0.2) is 0 Å². The van der Waals surface area contributed by atoms with Gasteiger partial charge in [0.05, 0.1) is 32.7 Å². The van der Waals surface area contributed by atoms with Crippen molar-refractivity contribution in [2.75, 3.05) is 48.3 Å². The lowest BCUT2D eigenvalue weighted by Gasteiger charge is -2.33. The van der Waals surface area contributed by atoms with E-state index in [2.05, 4.69) is 72.7 Å². The van der Waals surface area contributed by atoms with Crippen molar-refractivity contribution in [1.29, 1.82) is 0 Å². The summed E-state index contributed by atoms with van der Waals surface area (Å²) < 4.78 is 0. The van der Waals surface area contributed by atoms with Crippen LogP contribution in [0.5, 0.6) is 0 Å². The number of nitrogens with one attached hydrogen (secondary N) is 3. The highest BCUT2D eigenvalue weighted by Crippen LogP contribution is 2.20. The standard InChI is InChI=1S/C24H34N4O/c1-5-27-14-16-28(17-15-27)23-12-10-21(11-13-23)25-19(4)24(29)26-22-8-6-20(7-9-22)18(2)3/h6-13,18-19,25H,5,14-17H2,1-4H3,(H,26,29)/p+1/t19-/m1/s1. The van der Waals surface area contributed by atoms with Gasteiger partial charge in [-0.2, -0.15) is 0 Å². The Hall–Kier alpha value is -2.53. The molecule has 0 saturated carbocycles. The topological polar surface area (TPSA) is 48.8 Å². The van der Waals surface area contributed by atoms with E-state index >= 15 is 0 Å². The Labute approximate surface area is 175 Å². The van der Waals surface area contributed by atoms with E-state index < -0.39 is 0 Å². The van der Waals surface area contributed by atoms with E-state index in [1.807, 2.05) is 19.1 Å². The highest BCUT2D eigenvalue weighted by atomic mass is 16.2. The fourth-order valence-electron chi connectivity index (χ4n) is 3.72. The zero-order chi connectivity index (χ0) is 20.8. The molecule has 5 heteroatoms. The number of nitrogens with zero attached hydrogens (tertiary/aromatic N) is 1. The molecule has 1 aliphatic rings. The fraction of sp³-hybridized carbons (Fsp3) is 0.458. The van der Waals surface area contributed by atoms with Crippen LogP contribution in [0, 0.1) is 0 Å². The molecule has 1 aliphatic heterocycles. The molecule has 0 aliphatic carbocycles. The van der Waals surface area contributed by atoms with Crippen LogP contribution in [0.15, 0.2) is 48.5 Å². The lowest BCUT2D eigenvalue weighted by molar-refractivity contribution is -0.898. The van der Waals surface area contributed by atoms with Crippen molar-refractivity contribution >= 4 is 23.0 Å². The van der Waals surface area contributed by atoms with E-state index in [-0.39, 0.29) is 11.9 Å². The van der Waals surface area contributed by atoms with Gasteiger partial charge in [-0.05, 0) is 61.7 Å². The molecule has 1 fully saturated rings. The Balaban J connectivity index is 1.52. The molecule has 0 unspecified atom stereocenters. The molecular formula is C24H35N4O+. The van der Waals surface area contributed by atoms with Crippen LogP contribution >= 0.6 is 0 Å². The number of hydrogen-bond acceptors (Lipinski definition) is 3. The zero-order valence-electron chi connectivity index (χ0n) is 18.2. The minimum atomic E-state index is -0.317. The first-order valence-corrected chi connectivity index (χ1v) is 10.8. The van der Waals surface area contributed by atoms with Gasteiger partial charge in [0, 0.05) is 17.1 Å². The van der Waals surface area contributed by atoms with Gasteiger partial charge in [0.1, 0.15) is 6.04 Å². The number of rotatable bonds is 7. The molecule has 156 valence electrons. The normalized spacial score (nSPS) is 16.0. The molecule has 0 spiro atoms. The first-order valence-electron chi connectivity index (χ1n) is 10.8. The summed E-state index contributed by atoms with van der Waals surface area (Å²) in [6.07, 6.45) is 0. The summed E-state index contributed by atoms with van der Waals surface area (Å²) in [4.78, 5) is 16.6. The zero-order valence-corrected chi connectivity index (χ0v) is 18.2. The van der Waals surface area contributed by atoms with Crippen LogP contribution < -0.4 is 20.4 Å². The second-order valence-electron chi connectivity index (χ2n) is 8.27. The fourth-order valence-corrected chi connectivity index (χ4v) is 3.72. The van der Waals surface area contributed by atoms with Crippen LogP contribution in [0.1, 0.15) is 39.2 Å². The SMILES string of the molecule is CC[NH+]1CCN(c2ccc(N[C@H](C)C(=O)Nc3ccc(C(C)C)cc3)cc2)CC1. The Morgan fingerprint density at radius 2 is 1.55 bits per heavy atom. The summed E-state index contributed by atoms with van der Waals surface area (Å²) in [5.74, 6) is 0.449. The van der Waals surface area contributed by atoms with Crippen molar-refractivity contribution < 1.29 is 9.69 Å². The second-order valence-corrected chi connectivity index (χ2v) is 8.27. The van der Waals surface area contributed by atoms with E-state index in [1.165, 1.54) is 30.9 Å². The van der Waals surface area contributed by atoms with Crippen molar-refractivity contribution in [1.82, 2.24) is 0 Å². The molecule has 2 aromatic rings. The second kappa shape index (κ2) is 9.79. The van der Waals surface area contributed by atoms with E-state index in [1.54, 1.807) is 4.90 Å². The third kappa shape index (κ3) is 5.73. The van der Waals surface area contributed by atoms with E-state index in [4.69, 9.17) is 0 Å². The van der Waals surface area contributed by atoms with Gasteiger partial charge in [-0.1, -0.05) is 26.0 Å². The highest BCUT2D eigenvalue weighted by molar-refractivity contribution is 5.96. The summed E-state index contributed by atoms with van der Waals surface area (Å²) in [5.41, 5.74) is 4.32. The van der Waals surface area contributed by atoms with Crippen LogP contribution in [0.4, 0.5) is 17.1 Å². The molecule has 0 aromatic heterocycles. The summed E-state index contributed by atoms with van der Waals surface area (Å²) in [5, 5.41) is 6.29. The third-order valence-corrected chi connectivity index (χ3v) is 5.82. The van der Waals surface area contributed by atoms with E-state index in [9.17, 15) is 4.79 Å². The Kier molecular flexibility index (Phi) is 7.15. The van der Waals surface area contributed by atoms with Crippen molar-refractivity contribution in [3.63, 3.8) is 0 Å². The monoisotopic (exact) mass is 395 g/mol. The molecule has 1 heterocycles. The third-order valence-electron chi connectivity index (χ3n) is 5.82. The molecule has 3 N–H and O–H groups in total. The van der Waals surface area contributed by atoms with Gasteiger partial charge in [0.15, 0.2) is 0 Å². The van der Waals surface area contributed by atoms with Gasteiger partial charge in [0.25, 0.3) is 0 Å². The van der Waals surface area contributed by atoms with Gasteiger partial charge < -0.3 is 20.4 Å². The Bertz CT molecular complexity index is 778. The van der Waals surface area contributed by atoms with Crippen molar-refractivity contribution in [3.05, 3.63) is 54.1 Å². The molecule has 2 aromatic carbocycles. The molecule has 3 rings (SSSR count). The first-order chi connectivity index (χ1) is 14.0. The average molecular weight is 396 g/mol. The maximum Gasteiger partial charge on any atom is 0.246 e. The predicted molar refractivity (Wildman–Crippen MR) is 122 cm³/mol. The summed E-state index contributed by atoms with van der Waals surface area (Å²) >= 11 is 0. The highest BCUT2D eigenvalue weighted by Gasteiger charge is 2.19. The maximum absolute atomic E-state index is 12.5. The van der Waals surface area contributed by atoms with Gasteiger partial charge in [-0.3, -0.25) is 4.79 Å². The Morgan fingerprint density at radius 1 is 0.966 bits per heavy atom. The van der Waals surface area contributed by atoms with Crippen molar-refractivity contribution in [2.24, 2.45) is 0 Å². The number of piperazine rings is 1. The average Bonchev–Trinajstić information content (AvgIpc) is 2.74. The van der Waals surface area contributed by atoms with Gasteiger partial charge in [0.2, 0.25) is 5.91 Å². The van der Waals surface area contributed by atoms with Gasteiger partial charge >= 0.3 is 0 Å². The lowest BCUT2D eigenvalue weighted by Crippen LogP contribution is -3.14. The van der Waals surface area contributed by atoms with Crippen LogP contribution in [0.2, 0.25) is 0 Å². The molecule has 0 bridgehead atoms. The molecule has 0 radical (unpaired) electrons. The van der Waals surface area contributed by atoms with Crippen LogP contribution in [-0.2, 0) is 4.79 Å². The minimum Gasteiger partial charge on any atom is -0.374 e. The summed E-state index contributed by atoms with van der Waals surface area (Å²) in [6.45, 7) is 14.3. The van der Waals surface area contributed by atoms with E-state index in [0.29, 0.717) is 5.92 Å². The molecule has 29 heavy (non-hydrogen) atoms. The molecule has 1 amide bonds. The van der Waals surface area contributed by atoms with Crippen LogP contribution in [-0.4, -0.2) is 44.7 Å². The number of likely N-dealkylation sites (N-methyl/N-ethyl adjacent to an activating group) is 1. The molecule has 1 atom stereocenters. The number of carbonyl (C=O) groups excluding carboxylic acids is 1. The van der Waals surface area contributed by atoms with Crippen molar-refractivity contribution in [3.8, 4) is 0 Å². The lowest BCUT2D eigenvalue weighted by atomic mass is 10.0. The molecule has 5 nitrogen and oxygen atoms in total. The van der Waals surface area contributed by atoms with E-state index in [0.717, 1.165) is 24.5 Å². The number of benzene rings is 2. The largest absolute Gasteiger partial charge is 0.374 e. The number of anilines is 3. The first kappa shape index (κ1) is 21.2. The molecular weight excluding hydrogens is 360 g/mol.